The minimum Gasteiger partial charge on any atom is -0.404 e. The molecule has 0 saturated carbocycles. The molecule has 0 spiro atoms. The number of ether oxygens (including phenoxy) is 1. The zero-order valence-corrected chi connectivity index (χ0v) is 17.3. The van der Waals surface area contributed by atoms with Gasteiger partial charge in [-0.15, -0.1) is 0 Å². The fraction of sp³-hybridized carbons (Fsp3) is 0.455. The number of benzene rings is 2. The van der Waals surface area contributed by atoms with Crippen molar-refractivity contribution in [3.05, 3.63) is 60.7 Å². The largest absolute Gasteiger partial charge is 0.404 e. The number of aliphatic hydroxyl groups excluding tert-OH is 2. The molecule has 1 heterocycles. The van der Waals surface area contributed by atoms with Crippen molar-refractivity contribution in [2.75, 3.05) is 6.61 Å². The Morgan fingerprint density at radius 3 is 1.93 bits per heavy atom. The molecule has 0 amide bonds. The first-order valence-corrected chi connectivity index (χ1v) is 11.5. The first kappa shape index (κ1) is 20.2. The molecule has 5 heteroatoms. The van der Waals surface area contributed by atoms with Gasteiger partial charge in [0.05, 0.1) is 18.8 Å². The summed E-state index contributed by atoms with van der Waals surface area (Å²) in [7, 11) is -2.66. The lowest BCUT2D eigenvalue weighted by Gasteiger charge is -2.46. The van der Waals surface area contributed by atoms with Crippen LogP contribution in [0.25, 0.3) is 0 Å². The fourth-order valence-corrected chi connectivity index (χ4v) is 8.81. The van der Waals surface area contributed by atoms with Crippen LogP contribution in [0, 0.1) is 0 Å². The van der Waals surface area contributed by atoms with E-state index in [0.717, 1.165) is 0 Å². The second kappa shape index (κ2) is 8.25. The molecule has 0 radical (unpaired) electrons. The van der Waals surface area contributed by atoms with Gasteiger partial charge in [-0.25, -0.2) is 0 Å². The molecule has 1 aliphatic heterocycles. The van der Waals surface area contributed by atoms with Crippen LogP contribution in [0.3, 0.4) is 0 Å². The van der Waals surface area contributed by atoms with Crippen LogP contribution >= 0.6 is 0 Å². The third kappa shape index (κ3) is 4.17. The van der Waals surface area contributed by atoms with Gasteiger partial charge in [-0.3, -0.25) is 0 Å². The van der Waals surface area contributed by atoms with Gasteiger partial charge < -0.3 is 19.4 Å². The number of hydrogen-bond acceptors (Lipinski definition) is 4. The molecule has 3 atom stereocenters. The highest BCUT2D eigenvalue weighted by Crippen LogP contribution is 2.39. The molecule has 1 fully saturated rings. The average Bonchev–Trinajstić information content (AvgIpc) is 2.66. The maximum absolute atomic E-state index is 10.1. The quantitative estimate of drug-likeness (QED) is 0.775. The van der Waals surface area contributed by atoms with Gasteiger partial charge in [-0.1, -0.05) is 81.4 Å². The Kier molecular flexibility index (Phi) is 6.18. The van der Waals surface area contributed by atoms with Crippen LogP contribution < -0.4 is 10.4 Å². The molecule has 27 heavy (non-hydrogen) atoms. The van der Waals surface area contributed by atoms with Crippen LogP contribution in [-0.2, 0) is 9.16 Å². The van der Waals surface area contributed by atoms with E-state index in [1.165, 1.54) is 10.4 Å². The molecule has 0 aromatic heterocycles. The maximum Gasteiger partial charge on any atom is 0.261 e. The maximum atomic E-state index is 10.1. The highest BCUT2D eigenvalue weighted by Gasteiger charge is 2.52. The molecule has 3 unspecified atom stereocenters. The topological polar surface area (TPSA) is 58.9 Å². The number of aliphatic hydroxyl groups is 2. The minimum absolute atomic E-state index is 0.113. The first-order valence-electron chi connectivity index (χ1n) is 9.60. The standard InChI is InChI=1S/C22H30O4Si/c1-22(2,3)27(19-10-6-4-7-11-19,20-12-8-5-9-13-20)26-17-14-18(16-23)25-21(24)15-17/h4-13,17-18,21,23-24H,14-16H2,1-3H3. The predicted molar refractivity (Wildman–Crippen MR) is 110 cm³/mol. The third-order valence-electron chi connectivity index (χ3n) is 5.30. The van der Waals surface area contributed by atoms with E-state index in [1.807, 2.05) is 12.1 Å². The van der Waals surface area contributed by atoms with Crippen LogP contribution in [0.2, 0.25) is 5.04 Å². The van der Waals surface area contributed by atoms with E-state index in [0.29, 0.717) is 12.8 Å². The van der Waals surface area contributed by atoms with Crippen molar-refractivity contribution in [3.8, 4) is 0 Å². The Bertz CT molecular complexity index is 675. The molecule has 1 aliphatic rings. The van der Waals surface area contributed by atoms with Gasteiger partial charge in [0.25, 0.3) is 8.32 Å². The van der Waals surface area contributed by atoms with E-state index >= 15 is 0 Å². The monoisotopic (exact) mass is 386 g/mol. The van der Waals surface area contributed by atoms with Crippen molar-refractivity contribution in [1.82, 2.24) is 0 Å². The highest BCUT2D eigenvalue weighted by molar-refractivity contribution is 6.99. The predicted octanol–water partition coefficient (Wildman–Crippen LogP) is 2.42. The Morgan fingerprint density at radius 2 is 1.48 bits per heavy atom. The van der Waals surface area contributed by atoms with E-state index in [2.05, 4.69) is 69.3 Å². The van der Waals surface area contributed by atoms with Gasteiger partial charge in [-0.05, 0) is 15.4 Å². The summed E-state index contributed by atoms with van der Waals surface area (Å²) in [5.41, 5.74) is 0. The summed E-state index contributed by atoms with van der Waals surface area (Å²) in [5, 5.41) is 22.0. The number of hydrogen-bond donors (Lipinski definition) is 2. The van der Waals surface area contributed by atoms with Crippen LogP contribution in [0.5, 0.6) is 0 Å². The van der Waals surface area contributed by atoms with Gasteiger partial charge >= 0.3 is 0 Å². The third-order valence-corrected chi connectivity index (χ3v) is 10.4. The van der Waals surface area contributed by atoms with Crippen molar-refractivity contribution < 1.29 is 19.4 Å². The van der Waals surface area contributed by atoms with Gasteiger partial charge in [0.2, 0.25) is 0 Å². The van der Waals surface area contributed by atoms with E-state index in [-0.39, 0.29) is 17.7 Å². The normalized spacial score (nSPS) is 24.0. The lowest BCUT2D eigenvalue weighted by Crippen LogP contribution is -2.68. The molecule has 0 bridgehead atoms. The second-order valence-electron chi connectivity index (χ2n) is 8.27. The van der Waals surface area contributed by atoms with Gasteiger partial charge in [0.1, 0.15) is 0 Å². The Balaban J connectivity index is 2.09. The second-order valence-corrected chi connectivity index (χ2v) is 12.5. The molecule has 2 aromatic rings. The van der Waals surface area contributed by atoms with Crippen molar-refractivity contribution in [1.29, 1.82) is 0 Å². The molecule has 3 rings (SSSR count). The van der Waals surface area contributed by atoms with Crippen molar-refractivity contribution in [3.63, 3.8) is 0 Å². The van der Waals surface area contributed by atoms with Crippen LogP contribution in [-0.4, -0.2) is 43.6 Å². The molecular weight excluding hydrogens is 356 g/mol. The van der Waals surface area contributed by atoms with Crippen LogP contribution in [0.4, 0.5) is 0 Å². The Morgan fingerprint density at radius 1 is 0.963 bits per heavy atom. The van der Waals surface area contributed by atoms with E-state index in [9.17, 15) is 10.2 Å². The van der Waals surface area contributed by atoms with Crippen molar-refractivity contribution >= 4 is 18.7 Å². The summed E-state index contributed by atoms with van der Waals surface area (Å²) in [5.74, 6) is 0. The van der Waals surface area contributed by atoms with Crippen LogP contribution in [0.1, 0.15) is 33.6 Å². The lowest BCUT2D eigenvalue weighted by molar-refractivity contribution is -0.194. The molecule has 4 nitrogen and oxygen atoms in total. The summed E-state index contributed by atoms with van der Waals surface area (Å²) in [6.07, 6.45) is -0.465. The summed E-state index contributed by atoms with van der Waals surface area (Å²) in [6, 6.07) is 20.9. The Hall–Kier alpha value is -1.50. The molecule has 0 aliphatic carbocycles. The fourth-order valence-electron chi connectivity index (χ4n) is 4.10. The summed E-state index contributed by atoms with van der Waals surface area (Å²) in [6.45, 7) is 6.59. The van der Waals surface area contributed by atoms with Crippen LogP contribution in [0.15, 0.2) is 60.7 Å². The zero-order valence-electron chi connectivity index (χ0n) is 16.3. The SMILES string of the molecule is CC(C)(C)[Si](OC1CC(O)OC(CO)C1)(c1ccccc1)c1ccccc1. The highest BCUT2D eigenvalue weighted by atomic mass is 28.4. The number of rotatable bonds is 5. The first-order chi connectivity index (χ1) is 12.9. The van der Waals surface area contributed by atoms with Crippen molar-refractivity contribution in [2.45, 2.75) is 57.1 Å². The molecule has 2 aromatic carbocycles. The summed E-state index contributed by atoms with van der Waals surface area (Å²) < 4.78 is 12.4. The smallest absolute Gasteiger partial charge is 0.261 e. The van der Waals surface area contributed by atoms with Crippen molar-refractivity contribution in [2.24, 2.45) is 0 Å². The average molecular weight is 387 g/mol. The lowest BCUT2D eigenvalue weighted by atomic mass is 10.1. The van der Waals surface area contributed by atoms with Gasteiger partial charge in [0, 0.05) is 12.8 Å². The van der Waals surface area contributed by atoms with Gasteiger partial charge in [0.15, 0.2) is 6.29 Å². The summed E-state index contributed by atoms with van der Waals surface area (Å²) in [4.78, 5) is 0. The summed E-state index contributed by atoms with van der Waals surface area (Å²) >= 11 is 0. The minimum atomic E-state index is -2.66. The molecule has 1 saturated heterocycles. The molecule has 2 N–H and O–H groups in total. The van der Waals surface area contributed by atoms with E-state index in [1.54, 1.807) is 0 Å². The zero-order chi connectivity index (χ0) is 19.5. The molecular formula is C22H30O4Si. The Labute approximate surface area is 162 Å². The molecule has 146 valence electrons. The van der Waals surface area contributed by atoms with Gasteiger partial charge in [-0.2, -0.15) is 0 Å². The van der Waals surface area contributed by atoms with E-state index < -0.39 is 20.7 Å². The van der Waals surface area contributed by atoms with E-state index in [4.69, 9.17) is 9.16 Å².